The molecule has 4 rings (SSSR count). The summed E-state index contributed by atoms with van der Waals surface area (Å²) in [6.07, 6.45) is 2.93. The zero-order valence-electron chi connectivity index (χ0n) is 12.8. The summed E-state index contributed by atoms with van der Waals surface area (Å²) in [5, 5.41) is 6.38. The van der Waals surface area contributed by atoms with Crippen molar-refractivity contribution >= 4 is 16.5 Å². The maximum atomic E-state index is 5.99. The van der Waals surface area contributed by atoms with Gasteiger partial charge in [-0.25, -0.2) is 0 Å². The first-order valence-electron chi connectivity index (χ1n) is 8.03. The molecular formula is C19H23NO. The molecule has 1 aliphatic heterocycles. The van der Waals surface area contributed by atoms with Crippen LogP contribution in [0.1, 0.15) is 26.7 Å². The van der Waals surface area contributed by atoms with Gasteiger partial charge in [-0.1, -0.05) is 44.2 Å². The lowest BCUT2D eigenvalue weighted by atomic mass is 9.55. The molecule has 1 aliphatic carbocycles. The molecule has 0 bridgehead atoms. The van der Waals surface area contributed by atoms with Crippen LogP contribution in [0.2, 0.25) is 0 Å². The van der Waals surface area contributed by atoms with Gasteiger partial charge in [0, 0.05) is 29.7 Å². The van der Waals surface area contributed by atoms with Gasteiger partial charge in [-0.2, -0.15) is 0 Å². The molecule has 1 N–H and O–H groups in total. The second-order valence-electron chi connectivity index (χ2n) is 7.10. The molecule has 1 heterocycles. The Morgan fingerprint density at radius 2 is 1.90 bits per heavy atom. The quantitative estimate of drug-likeness (QED) is 0.877. The average Bonchev–Trinajstić information content (AvgIpc) is 2.52. The lowest BCUT2D eigenvalue weighted by Gasteiger charge is -2.60. The van der Waals surface area contributed by atoms with Crippen molar-refractivity contribution in [3.05, 3.63) is 42.5 Å². The van der Waals surface area contributed by atoms with Crippen molar-refractivity contribution in [2.75, 3.05) is 11.9 Å². The summed E-state index contributed by atoms with van der Waals surface area (Å²) in [6, 6.07) is 15.7. The summed E-state index contributed by atoms with van der Waals surface area (Å²) >= 11 is 0. The largest absolute Gasteiger partial charge is 0.381 e. The Kier molecular flexibility index (Phi) is 2.97. The normalized spacial score (nSPS) is 30.5. The van der Waals surface area contributed by atoms with Crippen molar-refractivity contribution in [3.8, 4) is 0 Å². The Hall–Kier alpha value is -1.54. The summed E-state index contributed by atoms with van der Waals surface area (Å²) in [5.74, 6) is 0.667. The third-order valence-corrected chi connectivity index (χ3v) is 5.40. The van der Waals surface area contributed by atoms with Gasteiger partial charge in [-0.3, -0.25) is 0 Å². The summed E-state index contributed by atoms with van der Waals surface area (Å²) in [4.78, 5) is 0. The van der Waals surface area contributed by atoms with Crippen LogP contribution in [0.4, 0.5) is 5.69 Å². The Bertz CT molecular complexity index is 663. The van der Waals surface area contributed by atoms with E-state index in [0.29, 0.717) is 18.1 Å². The van der Waals surface area contributed by atoms with E-state index in [0.717, 1.165) is 6.61 Å². The lowest BCUT2D eigenvalue weighted by Crippen LogP contribution is -2.67. The Morgan fingerprint density at radius 3 is 2.76 bits per heavy atom. The highest BCUT2D eigenvalue weighted by molar-refractivity contribution is 5.85. The van der Waals surface area contributed by atoms with Crippen molar-refractivity contribution < 1.29 is 4.74 Å². The van der Waals surface area contributed by atoms with Crippen LogP contribution in [0.25, 0.3) is 10.8 Å². The third kappa shape index (κ3) is 2.04. The molecule has 2 nitrogen and oxygen atoms in total. The number of rotatable bonds is 2. The van der Waals surface area contributed by atoms with E-state index in [1.807, 2.05) is 0 Å². The average molecular weight is 281 g/mol. The van der Waals surface area contributed by atoms with Gasteiger partial charge in [0.1, 0.15) is 0 Å². The van der Waals surface area contributed by atoms with E-state index in [9.17, 15) is 0 Å². The predicted molar refractivity (Wildman–Crippen MR) is 87.6 cm³/mol. The summed E-state index contributed by atoms with van der Waals surface area (Å²) in [5.41, 5.74) is 1.45. The fraction of sp³-hybridized carbons (Fsp3) is 0.474. The van der Waals surface area contributed by atoms with Crippen LogP contribution in [0.5, 0.6) is 0 Å². The molecule has 3 unspecified atom stereocenters. The van der Waals surface area contributed by atoms with Gasteiger partial charge in [0.25, 0.3) is 0 Å². The maximum absolute atomic E-state index is 5.99. The Morgan fingerprint density at radius 1 is 1.10 bits per heavy atom. The Labute approximate surface area is 126 Å². The van der Waals surface area contributed by atoms with Crippen molar-refractivity contribution in [2.45, 2.75) is 38.8 Å². The molecule has 2 aromatic rings. The number of hydrogen-bond acceptors (Lipinski definition) is 2. The second-order valence-corrected chi connectivity index (χ2v) is 7.10. The molecule has 2 aromatic carbocycles. The van der Waals surface area contributed by atoms with Gasteiger partial charge in [-0.15, -0.1) is 0 Å². The molecule has 3 atom stereocenters. The molecule has 0 aromatic heterocycles. The van der Waals surface area contributed by atoms with E-state index in [-0.39, 0.29) is 5.41 Å². The highest BCUT2D eigenvalue weighted by Gasteiger charge is 2.57. The van der Waals surface area contributed by atoms with Crippen LogP contribution < -0.4 is 5.32 Å². The van der Waals surface area contributed by atoms with Crippen molar-refractivity contribution in [1.82, 2.24) is 0 Å². The van der Waals surface area contributed by atoms with Crippen LogP contribution >= 0.6 is 0 Å². The van der Waals surface area contributed by atoms with Gasteiger partial charge in [0.15, 0.2) is 0 Å². The highest BCUT2D eigenvalue weighted by Crippen LogP contribution is 2.52. The summed E-state index contributed by atoms with van der Waals surface area (Å²) in [7, 11) is 0. The first-order chi connectivity index (χ1) is 10.2. The molecule has 2 fully saturated rings. The van der Waals surface area contributed by atoms with Crippen LogP contribution in [0, 0.1) is 11.3 Å². The number of nitrogens with one attached hydrogen (secondary N) is 1. The predicted octanol–water partition coefficient (Wildman–Crippen LogP) is 4.46. The van der Waals surface area contributed by atoms with Crippen molar-refractivity contribution in [2.24, 2.45) is 11.3 Å². The van der Waals surface area contributed by atoms with Gasteiger partial charge >= 0.3 is 0 Å². The zero-order chi connectivity index (χ0) is 14.4. The van der Waals surface area contributed by atoms with E-state index >= 15 is 0 Å². The van der Waals surface area contributed by atoms with Crippen LogP contribution in [0.15, 0.2) is 42.5 Å². The zero-order valence-corrected chi connectivity index (χ0v) is 12.8. The van der Waals surface area contributed by atoms with E-state index in [4.69, 9.17) is 4.74 Å². The van der Waals surface area contributed by atoms with Gasteiger partial charge < -0.3 is 10.1 Å². The van der Waals surface area contributed by atoms with E-state index in [2.05, 4.69) is 61.6 Å². The van der Waals surface area contributed by atoms with E-state index < -0.39 is 0 Å². The molecule has 0 spiro atoms. The van der Waals surface area contributed by atoms with Crippen LogP contribution in [-0.4, -0.2) is 18.8 Å². The molecule has 1 saturated carbocycles. The fourth-order valence-electron chi connectivity index (χ4n) is 4.27. The molecule has 1 saturated heterocycles. The molecule has 2 aliphatic rings. The van der Waals surface area contributed by atoms with E-state index in [1.165, 1.54) is 29.3 Å². The van der Waals surface area contributed by atoms with Crippen molar-refractivity contribution in [1.29, 1.82) is 0 Å². The molecule has 2 heteroatoms. The first kappa shape index (κ1) is 13.1. The molecule has 110 valence electrons. The first-order valence-corrected chi connectivity index (χ1v) is 8.03. The number of anilines is 1. The number of hydrogen-bond donors (Lipinski definition) is 1. The van der Waals surface area contributed by atoms with Gasteiger partial charge in [0.05, 0.1) is 6.10 Å². The fourth-order valence-corrected chi connectivity index (χ4v) is 4.27. The topological polar surface area (TPSA) is 21.3 Å². The van der Waals surface area contributed by atoms with E-state index in [1.54, 1.807) is 0 Å². The molecule has 0 radical (unpaired) electrons. The van der Waals surface area contributed by atoms with Crippen molar-refractivity contribution in [3.63, 3.8) is 0 Å². The minimum Gasteiger partial charge on any atom is -0.381 e. The number of fused-ring (bicyclic) bond motifs is 2. The summed E-state index contributed by atoms with van der Waals surface area (Å²) < 4.78 is 5.99. The number of benzene rings is 2. The highest BCUT2D eigenvalue weighted by atomic mass is 16.5. The second kappa shape index (κ2) is 4.74. The maximum Gasteiger partial charge on any atom is 0.0693 e. The van der Waals surface area contributed by atoms with Crippen LogP contribution in [0.3, 0.4) is 0 Å². The standard InChI is InChI=1S/C19H23NO/c1-19(2)17(16-8-5-11-21-18(16)19)20-15-10-9-13-6-3-4-7-14(13)12-15/h3-4,6-7,9-10,12,16-18,20H,5,8,11H2,1-2H3. The summed E-state index contributed by atoms with van der Waals surface area (Å²) in [6.45, 7) is 5.60. The smallest absolute Gasteiger partial charge is 0.0693 e. The van der Waals surface area contributed by atoms with Gasteiger partial charge in [0.2, 0.25) is 0 Å². The van der Waals surface area contributed by atoms with Crippen LogP contribution in [-0.2, 0) is 4.74 Å². The third-order valence-electron chi connectivity index (χ3n) is 5.40. The minimum atomic E-state index is 0.219. The monoisotopic (exact) mass is 281 g/mol. The Balaban J connectivity index is 1.59. The molecular weight excluding hydrogens is 258 g/mol. The molecule has 0 amide bonds. The molecule has 21 heavy (non-hydrogen) atoms. The van der Waals surface area contributed by atoms with Gasteiger partial charge in [-0.05, 0) is 35.7 Å². The SMILES string of the molecule is CC1(C)C(Nc2ccc3ccccc3c2)C2CCCOC21. The minimum absolute atomic E-state index is 0.219. The lowest BCUT2D eigenvalue weighted by molar-refractivity contribution is -0.177. The number of ether oxygens (including phenoxy) is 1.